The van der Waals surface area contributed by atoms with Gasteiger partial charge in [-0.15, -0.1) is 0 Å². The zero-order valence-electron chi connectivity index (χ0n) is 12.9. The third kappa shape index (κ3) is 3.85. The number of aliphatic imine (C=N–C) groups is 1. The molecule has 1 aromatic rings. The molecule has 1 atom stereocenters. The van der Waals surface area contributed by atoms with E-state index in [1.165, 1.54) is 11.8 Å². The maximum absolute atomic E-state index is 12.1. The van der Waals surface area contributed by atoms with Gasteiger partial charge in [0.15, 0.2) is 5.17 Å². The van der Waals surface area contributed by atoms with Crippen LogP contribution in [0.25, 0.3) is 0 Å². The Hall–Kier alpha value is -2.02. The van der Waals surface area contributed by atoms with Crippen LogP contribution < -0.4 is 10.1 Å². The van der Waals surface area contributed by atoms with Crippen LogP contribution in [0, 0.1) is 0 Å². The number of methoxy groups -OCH3 is 1. The van der Waals surface area contributed by atoms with Crippen LogP contribution in [0.1, 0.15) is 19.3 Å². The number of thioether (sulfide) groups is 1. The molecule has 122 valence electrons. The van der Waals surface area contributed by atoms with Crippen molar-refractivity contribution in [1.29, 1.82) is 0 Å². The molecule has 0 bridgehead atoms. The summed E-state index contributed by atoms with van der Waals surface area (Å²) < 4.78 is 5.08. The van der Waals surface area contributed by atoms with E-state index in [9.17, 15) is 9.59 Å². The van der Waals surface area contributed by atoms with E-state index in [2.05, 4.69) is 15.2 Å². The quantitative estimate of drug-likeness (QED) is 0.914. The highest BCUT2D eigenvalue weighted by molar-refractivity contribution is 8.15. The Morgan fingerprint density at radius 3 is 2.70 bits per heavy atom. The molecule has 3 rings (SSSR count). The van der Waals surface area contributed by atoms with Crippen LogP contribution in [-0.4, -0.2) is 47.3 Å². The van der Waals surface area contributed by atoms with Crippen molar-refractivity contribution in [1.82, 2.24) is 4.90 Å². The molecule has 0 spiro atoms. The zero-order valence-corrected chi connectivity index (χ0v) is 13.8. The number of likely N-dealkylation sites (tertiary alicyclic amines) is 1. The van der Waals surface area contributed by atoms with Crippen LogP contribution >= 0.6 is 11.8 Å². The van der Waals surface area contributed by atoms with Crippen LogP contribution in [0.5, 0.6) is 5.75 Å². The summed E-state index contributed by atoms with van der Waals surface area (Å²) >= 11 is 1.41. The Bertz CT molecular complexity index is 624. The molecule has 1 saturated heterocycles. The molecule has 0 saturated carbocycles. The summed E-state index contributed by atoms with van der Waals surface area (Å²) in [4.78, 5) is 30.3. The van der Waals surface area contributed by atoms with E-state index in [4.69, 9.17) is 4.74 Å². The SMILES string of the molecule is COc1ccc(NC(=O)C[C@@H]2SC(N3CCCC3)=NC2=O)cc1. The van der Waals surface area contributed by atoms with Gasteiger partial charge in [0.1, 0.15) is 11.0 Å². The first-order valence-corrected chi connectivity index (χ1v) is 8.52. The number of carbonyl (C=O) groups excluding carboxylic acids is 2. The van der Waals surface area contributed by atoms with Gasteiger partial charge in [0.2, 0.25) is 5.91 Å². The number of hydrogen-bond donors (Lipinski definition) is 1. The lowest BCUT2D eigenvalue weighted by molar-refractivity contribution is -0.121. The van der Waals surface area contributed by atoms with Crippen molar-refractivity contribution in [2.75, 3.05) is 25.5 Å². The Labute approximate surface area is 139 Å². The fourth-order valence-electron chi connectivity index (χ4n) is 2.61. The van der Waals surface area contributed by atoms with E-state index in [-0.39, 0.29) is 18.2 Å². The van der Waals surface area contributed by atoms with E-state index in [1.54, 1.807) is 31.4 Å². The van der Waals surface area contributed by atoms with Crippen molar-refractivity contribution >= 4 is 34.4 Å². The Morgan fingerprint density at radius 1 is 1.35 bits per heavy atom. The highest BCUT2D eigenvalue weighted by atomic mass is 32.2. The number of ether oxygens (including phenoxy) is 1. The molecule has 1 N–H and O–H groups in total. The summed E-state index contributed by atoms with van der Waals surface area (Å²) in [5, 5.41) is 3.16. The van der Waals surface area contributed by atoms with Gasteiger partial charge in [-0.05, 0) is 37.1 Å². The van der Waals surface area contributed by atoms with E-state index >= 15 is 0 Å². The molecule has 6 nitrogen and oxygen atoms in total. The molecule has 2 aliphatic heterocycles. The summed E-state index contributed by atoms with van der Waals surface area (Å²) in [6.07, 6.45) is 2.41. The lowest BCUT2D eigenvalue weighted by atomic mass is 10.2. The minimum atomic E-state index is -0.413. The summed E-state index contributed by atoms with van der Waals surface area (Å²) in [5.74, 6) is 0.342. The number of nitrogens with zero attached hydrogens (tertiary/aromatic N) is 2. The van der Waals surface area contributed by atoms with Crippen molar-refractivity contribution < 1.29 is 14.3 Å². The lowest BCUT2D eigenvalue weighted by Gasteiger charge is -2.16. The minimum absolute atomic E-state index is 0.135. The monoisotopic (exact) mass is 333 g/mol. The van der Waals surface area contributed by atoms with Crippen LogP contribution in [-0.2, 0) is 9.59 Å². The minimum Gasteiger partial charge on any atom is -0.497 e. The summed E-state index contributed by atoms with van der Waals surface area (Å²) in [5.41, 5.74) is 0.687. The average Bonchev–Trinajstić information content (AvgIpc) is 3.18. The number of amidine groups is 1. The van der Waals surface area contributed by atoms with Crippen LogP contribution in [0.4, 0.5) is 5.69 Å². The molecule has 2 amide bonds. The number of nitrogens with one attached hydrogen (secondary N) is 1. The second kappa shape index (κ2) is 7.04. The molecule has 1 fully saturated rings. The normalized spacial score (nSPS) is 20.6. The molecule has 0 unspecified atom stereocenters. The number of anilines is 1. The number of benzene rings is 1. The molecule has 0 radical (unpaired) electrons. The molecule has 2 aliphatic rings. The van der Waals surface area contributed by atoms with Gasteiger partial charge in [-0.2, -0.15) is 4.99 Å². The number of carbonyl (C=O) groups is 2. The highest BCUT2D eigenvalue weighted by Crippen LogP contribution is 2.29. The molecular formula is C16H19N3O3S. The first kappa shape index (κ1) is 15.9. The van der Waals surface area contributed by atoms with E-state index in [0.29, 0.717) is 5.69 Å². The highest BCUT2D eigenvalue weighted by Gasteiger charge is 2.33. The molecule has 1 aromatic carbocycles. The van der Waals surface area contributed by atoms with Gasteiger partial charge in [0.05, 0.1) is 7.11 Å². The van der Waals surface area contributed by atoms with Crippen molar-refractivity contribution in [2.45, 2.75) is 24.5 Å². The van der Waals surface area contributed by atoms with Gasteiger partial charge in [-0.3, -0.25) is 9.59 Å². The molecule has 23 heavy (non-hydrogen) atoms. The first-order valence-electron chi connectivity index (χ1n) is 7.64. The van der Waals surface area contributed by atoms with Crippen LogP contribution in [0.2, 0.25) is 0 Å². The maximum atomic E-state index is 12.1. The Kier molecular flexibility index (Phi) is 4.85. The molecule has 7 heteroatoms. The van der Waals surface area contributed by atoms with Gasteiger partial charge in [0, 0.05) is 25.2 Å². The van der Waals surface area contributed by atoms with Crippen molar-refractivity contribution in [3.63, 3.8) is 0 Å². The van der Waals surface area contributed by atoms with E-state index in [1.807, 2.05) is 0 Å². The average molecular weight is 333 g/mol. The summed E-state index contributed by atoms with van der Waals surface area (Å²) in [6.45, 7) is 1.90. The molecule has 0 aliphatic carbocycles. The predicted octanol–water partition coefficient (Wildman–Crippen LogP) is 2.12. The number of hydrogen-bond acceptors (Lipinski definition) is 5. The van der Waals surface area contributed by atoms with Crippen molar-refractivity contribution in [2.24, 2.45) is 4.99 Å². The topological polar surface area (TPSA) is 71.0 Å². The predicted molar refractivity (Wildman–Crippen MR) is 90.9 cm³/mol. The van der Waals surface area contributed by atoms with Gasteiger partial charge >= 0.3 is 0 Å². The third-order valence-electron chi connectivity index (χ3n) is 3.85. The zero-order chi connectivity index (χ0) is 16.2. The van der Waals surface area contributed by atoms with Gasteiger partial charge in [0.25, 0.3) is 5.91 Å². The number of amides is 2. The van der Waals surface area contributed by atoms with Crippen molar-refractivity contribution in [3.05, 3.63) is 24.3 Å². The largest absolute Gasteiger partial charge is 0.497 e. The van der Waals surface area contributed by atoms with E-state index < -0.39 is 5.25 Å². The van der Waals surface area contributed by atoms with Gasteiger partial charge < -0.3 is 15.0 Å². The number of rotatable bonds is 4. The fourth-order valence-corrected chi connectivity index (χ4v) is 3.72. The van der Waals surface area contributed by atoms with Gasteiger partial charge in [-0.25, -0.2) is 0 Å². The van der Waals surface area contributed by atoms with Crippen molar-refractivity contribution in [3.8, 4) is 5.75 Å². The fraction of sp³-hybridized carbons (Fsp3) is 0.438. The van der Waals surface area contributed by atoms with E-state index in [0.717, 1.165) is 36.8 Å². The summed E-state index contributed by atoms with van der Waals surface area (Å²) in [7, 11) is 1.59. The second-order valence-corrected chi connectivity index (χ2v) is 6.68. The first-order chi connectivity index (χ1) is 11.2. The summed E-state index contributed by atoms with van der Waals surface area (Å²) in [6, 6.07) is 7.10. The lowest BCUT2D eigenvalue weighted by Crippen LogP contribution is -2.25. The maximum Gasteiger partial charge on any atom is 0.262 e. The molecular weight excluding hydrogens is 314 g/mol. The Balaban J connectivity index is 1.53. The Morgan fingerprint density at radius 2 is 2.04 bits per heavy atom. The third-order valence-corrected chi connectivity index (χ3v) is 5.06. The molecule has 2 heterocycles. The van der Waals surface area contributed by atoms with Gasteiger partial charge in [-0.1, -0.05) is 11.8 Å². The van der Waals surface area contributed by atoms with Crippen LogP contribution in [0.15, 0.2) is 29.3 Å². The second-order valence-electron chi connectivity index (χ2n) is 5.51. The smallest absolute Gasteiger partial charge is 0.262 e. The standard InChI is InChI=1S/C16H19N3O3S/c1-22-12-6-4-11(5-7-12)17-14(20)10-13-15(21)18-16(23-13)19-8-2-3-9-19/h4-7,13H,2-3,8-10H2,1H3,(H,17,20)/t13-/m0/s1. The molecule has 0 aromatic heterocycles. The van der Waals surface area contributed by atoms with Crippen LogP contribution in [0.3, 0.4) is 0 Å².